The Hall–Kier alpha value is -2.11. The average Bonchev–Trinajstić information content (AvgIpc) is 2.44. The summed E-state index contributed by atoms with van der Waals surface area (Å²) in [5.41, 5.74) is 0.845. The van der Waals surface area contributed by atoms with Crippen LogP contribution in [-0.2, 0) is 9.59 Å². The first-order valence-electron chi connectivity index (χ1n) is 6.20. The number of amides is 1. The molecule has 2 atom stereocenters. The van der Waals surface area contributed by atoms with Crippen LogP contribution in [0.3, 0.4) is 0 Å². The zero-order valence-corrected chi connectivity index (χ0v) is 11.4. The molecule has 0 saturated carbocycles. The summed E-state index contributed by atoms with van der Waals surface area (Å²) in [4.78, 5) is 22.4. The number of carbonyl (C=O) groups is 2. The molecule has 0 radical (unpaired) electrons. The van der Waals surface area contributed by atoms with Crippen LogP contribution >= 0.6 is 0 Å². The number of hydrogen-bond donors (Lipinski definition) is 2. The maximum Gasteiger partial charge on any atom is 0.328 e. The lowest BCUT2D eigenvalue weighted by Crippen LogP contribution is -2.42. The average molecular weight is 283 g/mol. The van der Waals surface area contributed by atoms with Gasteiger partial charge in [0.2, 0.25) is 5.91 Å². The number of carboxylic acid groups (broad SMARTS) is 1. The van der Waals surface area contributed by atoms with E-state index in [-0.39, 0.29) is 12.3 Å². The maximum absolute atomic E-state index is 12.4. The molecule has 0 bridgehead atoms. The molecule has 6 heteroatoms. The molecule has 0 aromatic heterocycles. The van der Waals surface area contributed by atoms with Crippen molar-refractivity contribution in [1.29, 1.82) is 0 Å². The van der Waals surface area contributed by atoms with Gasteiger partial charge < -0.3 is 15.2 Å². The van der Waals surface area contributed by atoms with E-state index in [9.17, 15) is 14.0 Å². The van der Waals surface area contributed by atoms with E-state index in [2.05, 4.69) is 5.32 Å². The van der Waals surface area contributed by atoms with Crippen molar-refractivity contribution in [3.8, 4) is 5.75 Å². The Morgan fingerprint density at radius 1 is 1.40 bits per heavy atom. The number of para-hydroxylation sites is 1. The van der Waals surface area contributed by atoms with E-state index in [4.69, 9.17) is 9.84 Å². The molecule has 1 aromatic rings. The van der Waals surface area contributed by atoms with E-state index < -0.39 is 24.6 Å². The number of methoxy groups -OCH3 is 1. The molecule has 0 aliphatic rings. The Labute approximate surface area is 116 Å². The number of carboxylic acids is 1. The molecule has 0 heterocycles. The van der Waals surface area contributed by atoms with E-state index >= 15 is 0 Å². The van der Waals surface area contributed by atoms with Gasteiger partial charge in [-0.3, -0.25) is 4.79 Å². The SMILES string of the molecule is COc1ccccc1C(C)CC(=O)NC(CF)C(=O)O. The van der Waals surface area contributed by atoms with Gasteiger partial charge in [-0.1, -0.05) is 25.1 Å². The fourth-order valence-electron chi connectivity index (χ4n) is 1.88. The molecule has 0 aliphatic heterocycles. The van der Waals surface area contributed by atoms with Gasteiger partial charge in [-0.25, -0.2) is 9.18 Å². The molecule has 110 valence electrons. The molecule has 0 spiro atoms. The van der Waals surface area contributed by atoms with Gasteiger partial charge in [-0.2, -0.15) is 0 Å². The number of halogens is 1. The summed E-state index contributed by atoms with van der Waals surface area (Å²) in [6, 6.07) is 5.77. The monoisotopic (exact) mass is 283 g/mol. The van der Waals surface area contributed by atoms with Crippen molar-refractivity contribution in [3.63, 3.8) is 0 Å². The second kappa shape index (κ2) is 7.47. The van der Waals surface area contributed by atoms with Crippen LogP contribution in [-0.4, -0.2) is 36.8 Å². The predicted molar refractivity (Wildman–Crippen MR) is 71.6 cm³/mol. The molecule has 20 heavy (non-hydrogen) atoms. The van der Waals surface area contributed by atoms with Crippen LogP contribution in [0, 0.1) is 0 Å². The smallest absolute Gasteiger partial charge is 0.328 e. The first kappa shape index (κ1) is 15.9. The van der Waals surface area contributed by atoms with Gasteiger partial charge in [0.1, 0.15) is 12.4 Å². The Balaban J connectivity index is 2.68. The van der Waals surface area contributed by atoms with E-state index in [1.165, 1.54) is 7.11 Å². The summed E-state index contributed by atoms with van der Waals surface area (Å²) >= 11 is 0. The first-order chi connectivity index (χ1) is 9.49. The Morgan fingerprint density at radius 3 is 2.60 bits per heavy atom. The van der Waals surface area contributed by atoms with Gasteiger partial charge >= 0.3 is 5.97 Å². The fourth-order valence-corrected chi connectivity index (χ4v) is 1.88. The molecule has 2 unspecified atom stereocenters. The maximum atomic E-state index is 12.4. The molecule has 0 saturated heterocycles. The molecule has 0 fully saturated rings. The topological polar surface area (TPSA) is 75.6 Å². The van der Waals surface area contributed by atoms with Crippen molar-refractivity contribution in [2.75, 3.05) is 13.8 Å². The van der Waals surface area contributed by atoms with E-state index in [0.717, 1.165) is 5.56 Å². The molecule has 5 nitrogen and oxygen atoms in total. The number of benzene rings is 1. The third-order valence-corrected chi connectivity index (χ3v) is 2.95. The van der Waals surface area contributed by atoms with E-state index in [0.29, 0.717) is 5.75 Å². The number of nitrogens with one attached hydrogen (secondary N) is 1. The normalized spacial score (nSPS) is 13.3. The lowest BCUT2D eigenvalue weighted by Gasteiger charge is -2.16. The standard InChI is InChI=1S/C14H18FNO4/c1-9(10-5-3-4-6-12(10)20-2)7-13(17)16-11(8-15)14(18)19/h3-6,9,11H,7-8H2,1-2H3,(H,16,17)(H,18,19). The van der Waals surface area contributed by atoms with Gasteiger partial charge in [0.25, 0.3) is 0 Å². The third kappa shape index (κ3) is 4.22. The lowest BCUT2D eigenvalue weighted by atomic mass is 9.96. The van der Waals surface area contributed by atoms with E-state index in [1.807, 2.05) is 25.1 Å². The molecular formula is C14H18FNO4. The molecule has 0 aliphatic carbocycles. The minimum Gasteiger partial charge on any atom is -0.496 e. The molecule has 1 rings (SSSR count). The van der Waals surface area contributed by atoms with Gasteiger partial charge in [0.15, 0.2) is 6.04 Å². The number of hydrogen-bond acceptors (Lipinski definition) is 3. The van der Waals surface area contributed by atoms with Crippen molar-refractivity contribution in [2.24, 2.45) is 0 Å². The van der Waals surface area contributed by atoms with Crippen LogP contribution in [0.25, 0.3) is 0 Å². The second-order valence-corrected chi connectivity index (χ2v) is 4.46. The summed E-state index contributed by atoms with van der Waals surface area (Å²) < 4.78 is 17.6. The van der Waals surface area contributed by atoms with Crippen molar-refractivity contribution < 1.29 is 23.8 Å². The zero-order valence-electron chi connectivity index (χ0n) is 11.4. The second-order valence-electron chi connectivity index (χ2n) is 4.46. The summed E-state index contributed by atoms with van der Waals surface area (Å²) in [6.07, 6.45) is 0.0597. The summed E-state index contributed by atoms with van der Waals surface area (Å²) in [7, 11) is 1.54. The highest BCUT2D eigenvalue weighted by atomic mass is 19.1. The largest absolute Gasteiger partial charge is 0.496 e. The highest BCUT2D eigenvalue weighted by Gasteiger charge is 2.21. The number of alkyl halides is 1. The van der Waals surface area contributed by atoms with Gasteiger partial charge in [-0.05, 0) is 17.5 Å². The number of carbonyl (C=O) groups excluding carboxylic acids is 1. The van der Waals surface area contributed by atoms with Crippen molar-refractivity contribution in [3.05, 3.63) is 29.8 Å². The summed E-state index contributed by atoms with van der Waals surface area (Å²) in [6.45, 7) is 0.687. The van der Waals surface area contributed by atoms with Gasteiger partial charge in [0.05, 0.1) is 7.11 Å². The quantitative estimate of drug-likeness (QED) is 0.799. The van der Waals surface area contributed by atoms with Crippen LogP contribution in [0.1, 0.15) is 24.8 Å². The molecule has 1 aromatic carbocycles. The van der Waals surface area contributed by atoms with Gasteiger partial charge in [0, 0.05) is 6.42 Å². The number of ether oxygens (including phenoxy) is 1. The highest BCUT2D eigenvalue weighted by molar-refractivity contribution is 5.84. The molecule has 2 N–H and O–H groups in total. The minimum atomic E-state index is -1.49. The Bertz CT molecular complexity index is 478. The Kier molecular flexibility index (Phi) is 5.96. The van der Waals surface area contributed by atoms with Crippen LogP contribution in [0.15, 0.2) is 24.3 Å². The third-order valence-electron chi connectivity index (χ3n) is 2.95. The first-order valence-corrected chi connectivity index (χ1v) is 6.20. The van der Waals surface area contributed by atoms with E-state index in [1.54, 1.807) is 6.07 Å². The summed E-state index contributed by atoms with van der Waals surface area (Å²) in [5, 5.41) is 10.8. The Morgan fingerprint density at radius 2 is 2.05 bits per heavy atom. The molecular weight excluding hydrogens is 265 g/mol. The van der Waals surface area contributed by atoms with Crippen LogP contribution in [0.5, 0.6) is 5.75 Å². The fraction of sp³-hybridized carbons (Fsp3) is 0.429. The van der Waals surface area contributed by atoms with Crippen LogP contribution in [0.2, 0.25) is 0 Å². The molecule has 1 amide bonds. The summed E-state index contributed by atoms with van der Waals surface area (Å²) in [5.74, 6) is -1.40. The van der Waals surface area contributed by atoms with Crippen molar-refractivity contribution >= 4 is 11.9 Å². The minimum absolute atomic E-state index is 0.0597. The van der Waals surface area contributed by atoms with Crippen LogP contribution in [0.4, 0.5) is 4.39 Å². The predicted octanol–water partition coefficient (Wildman–Crippen LogP) is 1.73. The van der Waals surface area contributed by atoms with Crippen molar-refractivity contribution in [2.45, 2.75) is 25.3 Å². The van der Waals surface area contributed by atoms with Crippen LogP contribution < -0.4 is 10.1 Å². The highest BCUT2D eigenvalue weighted by Crippen LogP contribution is 2.28. The lowest BCUT2D eigenvalue weighted by molar-refractivity contribution is -0.142. The number of rotatable bonds is 7. The van der Waals surface area contributed by atoms with Crippen molar-refractivity contribution in [1.82, 2.24) is 5.32 Å². The zero-order chi connectivity index (χ0) is 15.1. The van der Waals surface area contributed by atoms with Gasteiger partial charge in [-0.15, -0.1) is 0 Å². The number of aliphatic carboxylic acids is 1.